The maximum atomic E-state index is 13.7. The first-order valence-electron chi connectivity index (χ1n) is 8.53. The number of hydrogen-bond acceptors (Lipinski definition) is 6. The Morgan fingerprint density at radius 3 is 2.83 bits per heavy atom. The lowest BCUT2D eigenvalue weighted by Gasteiger charge is -2.05. The molecule has 0 saturated carbocycles. The number of nitrogens with zero attached hydrogens (tertiary/aromatic N) is 5. The summed E-state index contributed by atoms with van der Waals surface area (Å²) in [6.07, 6.45) is 4.49. The number of carbonyl (C=O) groups excluding carboxylic acids is 1. The summed E-state index contributed by atoms with van der Waals surface area (Å²) in [5.74, 6) is -0.552. The molecule has 0 bridgehead atoms. The standard InChI is InChI=1S/C19H14F2N6O2/c1-11-25-19(29-26-11)12-4-5-22-17(6-12)27-9-16(24-10-27)18(28)23-8-13-2-3-14(20)7-15(13)21/h2-7,9-10H,8H2,1H3,(H,23,28). The van der Waals surface area contributed by atoms with Gasteiger partial charge in [-0.05, 0) is 25.1 Å². The van der Waals surface area contributed by atoms with Crippen LogP contribution in [-0.4, -0.2) is 30.6 Å². The molecule has 10 heteroatoms. The summed E-state index contributed by atoms with van der Waals surface area (Å²) in [6.45, 7) is 1.62. The van der Waals surface area contributed by atoms with E-state index in [0.29, 0.717) is 23.1 Å². The van der Waals surface area contributed by atoms with Crippen LogP contribution in [0.15, 0.2) is 53.6 Å². The zero-order valence-electron chi connectivity index (χ0n) is 15.1. The van der Waals surface area contributed by atoms with Crippen LogP contribution in [-0.2, 0) is 6.54 Å². The normalized spacial score (nSPS) is 10.9. The van der Waals surface area contributed by atoms with Gasteiger partial charge in [0, 0.05) is 36.1 Å². The van der Waals surface area contributed by atoms with Crippen molar-refractivity contribution in [3.8, 4) is 17.3 Å². The van der Waals surface area contributed by atoms with E-state index in [4.69, 9.17) is 4.52 Å². The molecular weight excluding hydrogens is 382 g/mol. The molecule has 146 valence electrons. The smallest absolute Gasteiger partial charge is 0.271 e. The molecule has 0 fully saturated rings. The average Bonchev–Trinajstić information content (AvgIpc) is 3.37. The van der Waals surface area contributed by atoms with Gasteiger partial charge in [-0.25, -0.2) is 18.7 Å². The Hall–Kier alpha value is -3.95. The minimum Gasteiger partial charge on any atom is -0.346 e. The van der Waals surface area contributed by atoms with Gasteiger partial charge in [0.2, 0.25) is 0 Å². The van der Waals surface area contributed by atoms with Crippen molar-refractivity contribution in [1.82, 2.24) is 30.0 Å². The van der Waals surface area contributed by atoms with E-state index in [1.165, 1.54) is 18.6 Å². The quantitative estimate of drug-likeness (QED) is 0.557. The summed E-state index contributed by atoms with van der Waals surface area (Å²) in [6, 6.07) is 6.60. The van der Waals surface area contributed by atoms with Crippen molar-refractivity contribution in [2.24, 2.45) is 0 Å². The Balaban J connectivity index is 1.48. The predicted octanol–water partition coefficient (Wildman–Crippen LogP) is 2.83. The molecule has 3 heterocycles. The van der Waals surface area contributed by atoms with Crippen LogP contribution in [0.2, 0.25) is 0 Å². The Bertz CT molecular complexity index is 1190. The zero-order chi connectivity index (χ0) is 20.4. The monoisotopic (exact) mass is 396 g/mol. The molecule has 4 rings (SSSR count). The van der Waals surface area contributed by atoms with E-state index in [-0.39, 0.29) is 17.8 Å². The maximum Gasteiger partial charge on any atom is 0.271 e. The molecule has 0 aliphatic carbocycles. The molecule has 0 unspecified atom stereocenters. The highest BCUT2D eigenvalue weighted by atomic mass is 19.1. The summed E-state index contributed by atoms with van der Waals surface area (Å²) in [5, 5.41) is 6.30. The molecule has 0 aliphatic heterocycles. The van der Waals surface area contributed by atoms with Gasteiger partial charge >= 0.3 is 0 Å². The highest BCUT2D eigenvalue weighted by molar-refractivity contribution is 5.92. The van der Waals surface area contributed by atoms with Crippen LogP contribution in [0, 0.1) is 18.6 Å². The fourth-order valence-corrected chi connectivity index (χ4v) is 2.60. The second kappa shape index (κ2) is 7.58. The fourth-order valence-electron chi connectivity index (χ4n) is 2.60. The van der Waals surface area contributed by atoms with Gasteiger partial charge in [-0.2, -0.15) is 4.98 Å². The maximum absolute atomic E-state index is 13.7. The summed E-state index contributed by atoms with van der Waals surface area (Å²) < 4.78 is 33.3. The number of pyridine rings is 1. The van der Waals surface area contributed by atoms with Gasteiger partial charge in [-0.15, -0.1) is 0 Å². The minimum absolute atomic E-state index is 0.0952. The number of nitrogens with one attached hydrogen (secondary N) is 1. The molecule has 0 atom stereocenters. The van der Waals surface area contributed by atoms with E-state index in [2.05, 4.69) is 25.4 Å². The number of carbonyl (C=O) groups is 1. The van der Waals surface area contributed by atoms with Gasteiger partial charge in [0.1, 0.15) is 29.5 Å². The first kappa shape index (κ1) is 18.4. The number of rotatable bonds is 5. The van der Waals surface area contributed by atoms with Crippen molar-refractivity contribution >= 4 is 5.91 Å². The van der Waals surface area contributed by atoms with Gasteiger partial charge < -0.3 is 9.84 Å². The van der Waals surface area contributed by atoms with Crippen molar-refractivity contribution < 1.29 is 18.1 Å². The zero-order valence-corrected chi connectivity index (χ0v) is 15.1. The van der Waals surface area contributed by atoms with Gasteiger partial charge in [-0.1, -0.05) is 11.2 Å². The van der Waals surface area contributed by atoms with Crippen LogP contribution in [0.3, 0.4) is 0 Å². The third kappa shape index (κ3) is 4.00. The molecular formula is C19H14F2N6O2. The van der Waals surface area contributed by atoms with Crippen molar-refractivity contribution in [1.29, 1.82) is 0 Å². The van der Waals surface area contributed by atoms with Crippen LogP contribution in [0.4, 0.5) is 8.78 Å². The largest absolute Gasteiger partial charge is 0.346 e. The second-order valence-corrected chi connectivity index (χ2v) is 6.13. The number of hydrogen-bond donors (Lipinski definition) is 1. The van der Waals surface area contributed by atoms with Crippen molar-refractivity contribution in [2.45, 2.75) is 13.5 Å². The minimum atomic E-state index is -0.729. The highest BCUT2D eigenvalue weighted by Gasteiger charge is 2.13. The summed E-state index contributed by atoms with van der Waals surface area (Å²) >= 11 is 0. The average molecular weight is 396 g/mol. The lowest BCUT2D eigenvalue weighted by molar-refractivity contribution is 0.0946. The number of halogens is 2. The topological polar surface area (TPSA) is 98.7 Å². The van der Waals surface area contributed by atoms with Crippen LogP contribution in [0.25, 0.3) is 17.3 Å². The molecule has 8 nitrogen and oxygen atoms in total. The number of imidazole rings is 1. The molecule has 0 spiro atoms. The van der Waals surface area contributed by atoms with Gasteiger partial charge in [0.15, 0.2) is 5.82 Å². The second-order valence-electron chi connectivity index (χ2n) is 6.13. The molecule has 4 aromatic rings. The number of aryl methyl sites for hydroxylation is 1. The SMILES string of the molecule is Cc1noc(-c2ccnc(-n3cnc(C(=O)NCc4ccc(F)cc4F)c3)c2)n1. The van der Waals surface area contributed by atoms with Crippen LogP contribution in [0.5, 0.6) is 0 Å². The number of benzene rings is 1. The molecule has 1 amide bonds. The summed E-state index contributed by atoms with van der Waals surface area (Å²) in [4.78, 5) is 24.8. The molecule has 0 saturated heterocycles. The van der Waals surface area contributed by atoms with Crippen LogP contribution < -0.4 is 5.32 Å². The van der Waals surface area contributed by atoms with Crippen molar-refractivity contribution in [2.75, 3.05) is 0 Å². The van der Waals surface area contributed by atoms with Crippen molar-refractivity contribution in [3.63, 3.8) is 0 Å². The Labute approximate surface area is 163 Å². The molecule has 29 heavy (non-hydrogen) atoms. The van der Waals surface area contributed by atoms with E-state index >= 15 is 0 Å². The third-order valence-electron chi connectivity index (χ3n) is 4.05. The van der Waals surface area contributed by atoms with Crippen molar-refractivity contribution in [3.05, 3.63) is 77.8 Å². The molecule has 1 aromatic carbocycles. The third-order valence-corrected chi connectivity index (χ3v) is 4.05. The summed E-state index contributed by atoms with van der Waals surface area (Å²) in [5.41, 5.74) is 0.957. The lowest BCUT2D eigenvalue weighted by Crippen LogP contribution is -2.23. The first-order chi connectivity index (χ1) is 14.0. The number of amides is 1. The van der Waals surface area contributed by atoms with Gasteiger partial charge in [0.05, 0.1) is 0 Å². The predicted molar refractivity (Wildman–Crippen MR) is 96.9 cm³/mol. The number of aromatic nitrogens is 5. The molecule has 0 aliphatic rings. The lowest BCUT2D eigenvalue weighted by atomic mass is 10.2. The first-order valence-corrected chi connectivity index (χ1v) is 8.53. The van der Waals surface area contributed by atoms with Gasteiger partial charge in [0.25, 0.3) is 11.8 Å². The summed E-state index contributed by atoms with van der Waals surface area (Å²) in [7, 11) is 0. The van der Waals surface area contributed by atoms with E-state index in [0.717, 1.165) is 12.1 Å². The highest BCUT2D eigenvalue weighted by Crippen LogP contribution is 2.19. The van der Waals surface area contributed by atoms with Gasteiger partial charge in [-0.3, -0.25) is 9.36 Å². The fraction of sp³-hybridized carbons (Fsp3) is 0.105. The van der Waals surface area contributed by atoms with E-state index < -0.39 is 17.5 Å². The van der Waals surface area contributed by atoms with E-state index in [1.807, 2.05) is 0 Å². The van der Waals surface area contributed by atoms with Crippen LogP contribution >= 0.6 is 0 Å². The molecule has 0 radical (unpaired) electrons. The molecule has 3 aromatic heterocycles. The van der Waals surface area contributed by atoms with E-state index in [1.54, 1.807) is 29.8 Å². The Morgan fingerprint density at radius 1 is 1.21 bits per heavy atom. The Kier molecular flexibility index (Phi) is 4.82. The Morgan fingerprint density at radius 2 is 2.07 bits per heavy atom. The van der Waals surface area contributed by atoms with E-state index in [9.17, 15) is 13.6 Å². The van der Waals surface area contributed by atoms with Crippen LogP contribution in [0.1, 0.15) is 21.9 Å². The molecule has 1 N–H and O–H groups in total.